The highest BCUT2D eigenvalue weighted by molar-refractivity contribution is 14.0. The molecule has 6 nitrogen and oxygen atoms in total. The third-order valence-corrected chi connectivity index (χ3v) is 6.92. The molecule has 3 saturated heterocycles. The summed E-state index contributed by atoms with van der Waals surface area (Å²) in [5.41, 5.74) is 0.243. The minimum absolute atomic E-state index is 0. The van der Waals surface area contributed by atoms with E-state index in [1.807, 2.05) is 7.05 Å². The minimum Gasteiger partial charge on any atom is -0.381 e. The van der Waals surface area contributed by atoms with Crippen molar-refractivity contribution in [3.8, 4) is 0 Å². The van der Waals surface area contributed by atoms with Gasteiger partial charge in [0.15, 0.2) is 5.96 Å². The molecule has 0 aromatic carbocycles. The first-order valence-corrected chi connectivity index (χ1v) is 11.3. The van der Waals surface area contributed by atoms with Gasteiger partial charge in [-0.15, -0.1) is 24.0 Å². The summed E-state index contributed by atoms with van der Waals surface area (Å²) < 4.78 is 5.66. The molecule has 2 N–H and O–H groups in total. The van der Waals surface area contributed by atoms with E-state index in [0.29, 0.717) is 0 Å². The lowest BCUT2D eigenvalue weighted by molar-refractivity contribution is -0.0164. The maximum absolute atomic E-state index is 5.66. The highest BCUT2D eigenvalue weighted by atomic mass is 127. The van der Waals surface area contributed by atoms with Crippen molar-refractivity contribution in [2.24, 2.45) is 4.99 Å². The van der Waals surface area contributed by atoms with Gasteiger partial charge in [-0.05, 0) is 64.6 Å². The predicted molar refractivity (Wildman–Crippen MR) is 128 cm³/mol. The normalized spacial score (nSPS) is 26.6. The summed E-state index contributed by atoms with van der Waals surface area (Å²) in [6.45, 7) is 10.9. The zero-order valence-corrected chi connectivity index (χ0v) is 20.4. The van der Waals surface area contributed by atoms with Crippen LogP contribution in [0.2, 0.25) is 0 Å². The number of piperidine rings is 1. The quantitative estimate of drug-likeness (QED) is 0.316. The smallest absolute Gasteiger partial charge is 0.191 e. The largest absolute Gasteiger partial charge is 0.381 e. The Kier molecular flexibility index (Phi) is 10.8. The maximum Gasteiger partial charge on any atom is 0.191 e. The minimum atomic E-state index is 0. The zero-order chi connectivity index (χ0) is 19.0. The highest BCUT2D eigenvalue weighted by Gasteiger charge is 2.39. The van der Waals surface area contributed by atoms with Crippen molar-refractivity contribution in [3.63, 3.8) is 0 Å². The van der Waals surface area contributed by atoms with E-state index >= 15 is 0 Å². The topological polar surface area (TPSA) is 52.1 Å². The van der Waals surface area contributed by atoms with Crippen LogP contribution < -0.4 is 10.6 Å². The van der Waals surface area contributed by atoms with E-state index < -0.39 is 0 Å². The van der Waals surface area contributed by atoms with Gasteiger partial charge in [0, 0.05) is 51.5 Å². The predicted octanol–water partition coefficient (Wildman–Crippen LogP) is 2.68. The van der Waals surface area contributed by atoms with Gasteiger partial charge in [-0.25, -0.2) is 0 Å². The summed E-state index contributed by atoms with van der Waals surface area (Å²) in [6, 6.07) is 0.774. The molecule has 28 heavy (non-hydrogen) atoms. The van der Waals surface area contributed by atoms with Crippen LogP contribution in [-0.2, 0) is 4.74 Å². The highest BCUT2D eigenvalue weighted by Crippen LogP contribution is 2.30. The second-order valence-corrected chi connectivity index (χ2v) is 8.48. The summed E-state index contributed by atoms with van der Waals surface area (Å²) in [4.78, 5) is 9.84. The molecule has 0 spiro atoms. The third-order valence-electron chi connectivity index (χ3n) is 6.92. The molecule has 1 atom stereocenters. The number of likely N-dealkylation sites (tertiary alicyclic amines) is 2. The average molecular weight is 508 g/mol. The van der Waals surface area contributed by atoms with Crippen LogP contribution in [0.25, 0.3) is 0 Å². The number of hydrogen-bond donors (Lipinski definition) is 2. The maximum atomic E-state index is 5.66. The Morgan fingerprint density at radius 3 is 2.46 bits per heavy atom. The van der Waals surface area contributed by atoms with E-state index in [1.165, 1.54) is 58.2 Å². The van der Waals surface area contributed by atoms with Crippen LogP contribution >= 0.6 is 24.0 Å². The molecule has 3 heterocycles. The van der Waals surface area contributed by atoms with Gasteiger partial charge in [-0.3, -0.25) is 14.8 Å². The average Bonchev–Trinajstić information content (AvgIpc) is 3.27. The fraction of sp³-hybridized carbons (Fsp3) is 0.952. The summed E-state index contributed by atoms with van der Waals surface area (Å²) in [5, 5.41) is 7.20. The Morgan fingerprint density at radius 2 is 1.79 bits per heavy atom. The number of aliphatic imine (C=N–C) groups is 1. The van der Waals surface area contributed by atoms with Crippen LogP contribution in [0.4, 0.5) is 0 Å². The number of ether oxygens (including phenoxy) is 1. The first-order valence-electron chi connectivity index (χ1n) is 11.3. The van der Waals surface area contributed by atoms with Crippen molar-refractivity contribution in [2.45, 2.75) is 69.9 Å². The van der Waals surface area contributed by atoms with Gasteiger partial charge in [0.2, 0.25) is 0 Å². The van der Waals surface area contributed by atoms with E-state index in [4.69, 9.17) is 4.74 Å². The van der Waals surface area contributed by atoms with Crippen LogP contribution in [0.3, 0.4) is 0 Å². The standard InChI is InChI=1S/C21H41N5O.HI/c1-3-19-8-4-5-12-25(19)15-11-23-20(22-2)24-18-21(9-16-27-17-10-21)26-13-6-7-14-26;/h19H,3-18H2,1-2H3,(H2,22,23,24);1H. The molecule has 3 fully saturated rings. The number of rotatable bonds is 7. The first-order chi connectivity index (χ1) is 13.3. The lowest BCUT2D eigenvalue weighted by Crippen LogP contribution is -2.58. The molecule has 3 aliphatic rings. The molecular formula is C21H42IN5O. The number of guanidine groups is 1. The Bertz CT molecular complexity index is 464. The molecule has 7 heteroatoms. The molecule has 0 aliphatic carbocycles. The van der Waals surface area contributed by atoms with Gasteiger partial charge in [0.1, 0.15) is 0 Å². The molecule has 3 aliphatic heterocycles. The molecule has 0 radical (unpaired) electrons. The van der Waals surface area contributed by atoms with Gasteiger partial charge in [0.25, 0.3) is 0 Å². The SMILES string of the molecule is CCC1CCCCN1CCNC(=NC)NCC1(N2CCCC2)CCOCC1.I. The van der Waals surface area contributed by atoms with Crippen molar-refractivity contribution in [1.82, 2.24) is 20.4 Å². The van der Waals surface area contributed by atoms with E-state index in [9.17, 15) is 0 Å². The molecule has 0 saturated carbocycles. The van der Waals surface area contributed by atoms with E-state index in [-0.39, 0.29) is 29.5 Å². The van der Waals surface area contributed by atoms with E-state index in [0.717, 1.165) is 57.7 Å². The Morgan fingerprint density at radius 1 is 1.07 bits per heavy atom. The van der Waals surface area contributed by atoms with Crippen LogP contribution in [0, 0.1) is 0 Å². The summed E-state index contributed by atoms with van der Waals surface area (Å²) in [6.07, 6.45) is 10.3. The fourth-order valence-corrected chi connectivity index (χ4v) is 5.15. The second kappa shape index (κ2) is 12.5. The number of nitrogens with one attached hydrogen (secondary N) is 2. The summed E-state index contributed by atoms with van der Waals surface area (Å²) in [7, 11) is 1.89. The van der Waals surface area contributed by atoms with Gasteiger partial charge >= 0.3 is 0 Å². The Balaban J connectivity index is 0.00000280. The van der Waals surface area contributed by atoms with Crippen molar-refractivity contribution < 1.29 is 4.74 Å². The monoisotopic (exact) mass is 507 g/mol. The van der Waals surface area contributed by atoms with Crippen LogP contribution in [-0.4, -0.2) is 86.9 Å². The third kappa shape index (κ3) is 6.44. The first kappa shape index (κ1) is 24.2. The van der Waals surface area contributed by atoms with Crippen LogP contribution in [0.1, 0.15) is 58.3 Å². The van der Waals surface area contributed by atoms with Gasteiger partial charge < -0.3 is 15.4 Å². The Hall–Kier alpha value is -0.120. The molecule has 0 bridgehead atoms. The zero-order valence-electron chi connectivity index (χ0n) is 18.0. The molecule has 0 aromatic rings. The van der Waals surface area contributed by atoms with Gasteiger partial charge in [-0.2, -0.15) is 0 Å². The van der Waals surface area contributed by atoms with Gasteiger partial charge in [0.05, 0.1) is 0 Å². The lowest BCUT2D eigenvalue weighted by Gasteiger charge is -2.45. The van der Waals surface area contributed by atoms with Crippen molar-refractivity contribution >= 4 is 29.9 Å². The molecule has 1 unspecified atom stereocenters. The van der Waals surface area contributed by atoms with Crippen LogP contribution in [0.15, 0.2) is 4.99 Å². The fourth-order valence-electron chi connectivity index (χ4n) is 5.15. The lowest BCUT2D eigenvalue weighted by atomic mass is 9.88. The van der Waals surface area contributed by atoms with E-state index in [2.05, 4.69) is 32.3 Å². The molecular weight excluding hydrogens is 465 g/mol. The van der Waals surface area contributed by atoms with Crippen molar-refractivity contribution in [1.29, 1.82) is 0 Å². The second-order valence-electron chi connectivity index (χ2n) is 8.48. The summed E-state index contributed by atoms with van der Waals surface area (Å²) >= 11 is 0. The molecule has 0 amide bonds. The van der Waals surface area contributed by atoms with Crippen LogP contribution in [0.5, 0.6) is 0 Å². The van der Waals surface area contributed by atoms with Gasteiger partial charge in [-0.1, -0.05) is 13.3 Å². The molecule has 164 valence electrons. The molecule has 0 aromatic heterocycles. The van der Waals surface area contributed by atoms with Crippen molar-refractivity contribution in [3.05, 3.63) is 0 Å². The Labute approximate surface area is 189 Å². The number of nitrogens with zero attached hydrogens (tertiary/aromatic N) is 3. The molecule has 3 rings (SSSR count). The number of hydrogen-bond acceptors (Lipinski definition) is 4. The van der Waals surface area contributed by atoms with E-state index in [1.54, 1.807) is 0 Å². The van der Waals surface area contributed by atoms with Crippen molar-refractivity contribution in [2.75, 3.05) is 59.5 Å². The summed E-state index contributed by atoms with van der Waals surface area (Å²) in [5.74, 6) is 0.949. The number of halogens is 1.